The monoisotopic (exact) mass is 295 g/mol. The number of hydrogen-bond donors (Lipinski definition) is 1. The molecule has 0 saturated carbocycles. The fourth-order valence-corrected chi connectivity index (χ4v) is 2.00. The van der Waals surface area contributed by atoms with Crippen LogP contribution in [-0.2, 0) is 0 Å². The molecule has 1 heterocycles. The largest absolute Gasteiger partial charge is 0.480 e. The van der Waals surface area contributed by atoms with Crippen LogP contribution in [0.25, 0.3) is 0 Å². The molecule has 7 heteroatoms. The van der Waals surface area contributed by atoms with Gasteiger partial charge in [-0.1, -0.05) is 12.1 Å². The summed E-state index contributed by atoms with van der Waals surface area (Å²) in [5, 5.41) is 2.88. The van der Waals surface area contributed by atoms with Crippen molar-refractivity contribution in [1.29, 1.82) is 0 Å². The van der Waals surface area contributed by atoms with Crippen molar-refractivity contribution < 1.29 is 18.3 Å². The van der Waals surface area contributed by atoms with E-state index in [1.54, 1.807) is 7.05 Å². The third-order valence-corrected chi connectivity index (χ3v) is 3.00. The molecular formula is C14H15F2N3O2. The van der Waals surface area contributed by atoms with Gasteiger partial charge < -0.3 is 14.8 Å². The summed E-state index contributed by atoms with van der Waals surface area (Å²) in [5.74, 6) is -1.41. The molecule has 5 nitrogen and oxygen atoms in total. The summed E-state index contributed by atoms with van der Waals surface area (Å²) in [5.41, 5.74) is 0.459. The van der Waals surface area contributed by atoms with Crippen molar-refractivity contribution >= 4 is 0 Å². The maximum absolute atomic E-state index is 14.0. The van der Waals surface area contributed by atoms with Gasteiger partial charge in [0.05, 0.1) is 26.5 Å². The maximum Gasteiger partial charge on any atom is 0.240 e. The fourth-order valence-electron chi connectivity index (χ4n) is 2.00. The summed E-state index contributed by atoms with van der Waals surface area (Å²) in [6, 6.07) is 3.27. The first-order valence-electron chi connectivity index (χ1n) is 6.18. The second-order valence-electron chi connectivity index (χ2n) is 4.17. The molecule has 2 aromatic rings. The molecule has 0 radical (unpaired) electrons. The highest BCUT2D eigenvalue weighted by Gasteiger charge is 2.24. The Morgan fingerprint density at radius 1 is 1.19 bits per heavy atom. The van der Waals surface area contributed by atoms with Gasteiger partial charge in [-0.3, -0.25) is 0 Å². The standard InChI is InChI=1S/C14H15F2N3O2/c1-17-12(8-5-4-6-9(15)11(8)16)13-14(21-3)19-10(20-2)7-18-13/h4-7,12,17H,1-3H3. The molecule has 21 heavy (non-hydrogen) atoms. The van der Waals surface area contributed by atoms with Crippen LogP contribution in [0, 0.1) is 11.6 Å². The Labute approximate surface area is 120 Å². The number of rotatable bonds is 5. The van der Waals surface area contributed by atoms with E-state index in [4.69, 9.17) is 9.47 Å². The third-order valence-electron chi connectivity index (χ3n) is 3.00. The first-order chi connectivity index (χ1) is 10.1. The minimum atomic E-state index is -0.934. The van der Waals surface area contributed by atoms with E-state index >= 15 is 0 Å². The zero-order chi connectivity index (χ0) is 15.4. The van der Waals surface area contributed by atoms with E-state index in [1.165, 1.54) is 32.5 Å². The first-order valence-corrected chi connectivity index (χ1v) is 6.18. The second-order valence-corrected chi connectivity index (χ2v) is 4.17. The van der Waals surface area contributed by atoms with Crippen molar-refractivity contribution in [3.8, 4) is 11.8 Å². The Kier molecular flexibility index (Phi) is 4.64. The van der Waals surface area contributed by atoms with Crippen LogP contribution >= 0.6 is 0 Å². The van der Waals surface area contributed by atoms with Gasteiger partial charge in [-0.25, -0.2) is 13.8 Å². The van der Waals surface area contributed by atoms with Gasteiger partial charge >= 0.3 is 0 Å². The molecule has 1 aromatic carbocycles. The summed E-state index contributed by atoms with van der Waals surface area (Å²) in [4.78, 5) is 8.27. The van der Waals surface area contributed by atoms with Crippen molar-refractivity contribution in [2.45, 2.75) is 6.04 Å². The summed E-state index contributed by atoms with van der Waals surface area (Å²) in [7, 11) is 4.48. The third kappa shape index (κ3) is 2.92. The fraction of sp³-hybridized carbons (Fsp3) is 0.286. The van der Waals surface area contributed by atoms with Gasteiger partial charge in [-0.2, -0.15) is 4.98 Å². The number of methoxy groups -OCH3 is 2. The van der Waals surface area contributed by atoms with E-state index in [9.17, 15) is 8.78 Å². The Bertz CT molecular complexity index is 638. The van der Waals surface area contributed by atoms with Crippen LogP contribution < -0.4 is 14.8 Å². The average Bonchev–Trinajstić information content (AvgIpc) is 2.52. The van der Waals surface area contributed by atoms with E-state index in [0.29, 0.717) is 5.69 Å². The molecule has 0 saturated heterocycles. The normalized spacial score (nSPS) is 12.0. The van der Waals surface area contributed by atoms with Crippen molar-refractivity contribution in [2.75, 3.05) is 21.3 Å². The van der Waals surface area contributed by atoms with Gasteiger partial charge in [0.1, 0.15) is 5.69 Å². The van der Waals surface area contributed by atoms with Crippen LogP contribution in [-0.4, -0.2) is 31.2 Å². The average molecular weight is 295 g/mol. The van der Waals surface area contributed by atoms with Crippen LogP contribution in [0.4, 0.5) is 8.78 Å². The topological polar surface area (TPSA) is 56.3 Å². The minimum Gasteiger partial charge on any atom is -0.480 e. The predicted molar refractivity (Wildman–Crippen MR) is 72.4 cm³/mol. The molecular weight excluding hydrogens is 280 g/mol. The summed E-state index contributed by atoms with van der Waals surface area (Å²) < 4.78 is 37.5. The molecule has 1 N–H and O–H groups in total. The molecule has 1 atom stereocenters. The number of ether oxygens (including phenoxy) is 2. The highest BCUT2D eigenvalue weighted by molar-refractivity contribution is 5.35. The highest BCUT2D eigenvalue weighted by Crippen LogP contribution is 2.30. The van der Waals surface area contributed by atoms with E-state index in [1.807, 2.05) is 0 Å². The number of aromatic nitrogens is 2. The minimum absolute atomic E-state index is 0.121. The Balaban J connectivity index is 2.53. The Morgan fingerprint density at radius 2 is 1.95 bits per heavy atom. The molecule has 2 rings (SSSR count). The number of halogens is 2. The molecule has 0 aliphatic heterocycles. The second kappa shape index (κ2) is 6.45. The summed E-state index contributed by atoms with van der Waals surface area (Å²) in [6.07, 6.45) is 1.39. The van der Waals surface area contributed by atoms with E-state index in [-0.39, 0.29) is 17.3 Å². The number of benzene rings is 1. The van der Waals surface area contributed by atoms with Crippen molar-refractivity contribution in [2.24, 2.45) is 0 Å². The van der Waals surface area contributed by atoms with Gasteiger partial charge in [0.15, 0.2) is 11.6 Å². The molecule has 1 aromatic heterocycles. The number of nitrogens with zero attached hydrogens (tertiary/aromatic N) is 2. The van der Waals surface area contributed by atoms with E-state index in [0.717, 1.165) is 6.07 Å². The zero-order valence-electron chi connectivity index (χ0n) is 11.9. The van der Waals surface area contributed by atoms with E-state index < -0.39 is 17.7 Å². The molecule has 112 valence electrons. The van der Waals surface area contributed by atoms with Crippen molar-refractivity contribution in [1.82, 2.24) is 15.3 Å². The predicted octanol–water partition coefficient (Wildman–Crippen LogP) is 2.08. The first kappa shape index (κ1) is 15.1. The maximum atomic E-state index is 14.0. The van der Waals surface area contributed by atoms with Crippen LogP contribution in [0.3, 0.4) is 0 Å². The Hall–Kier alpha value is -2.28. The SMILES string of the molecule is CNC(c1cccc(F)c1F)c1ncc(OC)nc1OC. The molecule has 0 amide bonds. The van der Waals surface area contributed by atoms with Crippen molar-refractivity contribution in [3.05, 3.63) is 47.3 Å². The molecule has 0 bridgehead atoms. The van der Waals surface area contributed by atoms with Gasteiger partial charge in [0.25, 0.3) is 0 Å². The molecule has 0 aliphatic carbocycles. The van der Waals surface area contributed by atoms with Gasteiger partial charge in [-0.05, 0) is 13.1 Å². The zero-order valence-corrected chi connectivity index (χ0v) is 11.9. The van der Waals surface area contributed by atoms with Gasteiger partial charge in [-0.15, -0.1) is 0 Å². The summed E-state index contributed by atoms with van der Waals surface area (Å²) >= 11 is 0. The molecule has 0 fully saturated rings. The van der Waals surface area contributed by atoms with Gasteiger partial charge in [0.2, 0.25) is 11.8 Å². The quantitative estimate of drug-likeness (QED) is 0.915. The summed E-state index contributed by atoms with van der Waals surface area (Å²) in [6.45, 7) is 0. The lowest BCUT2D eigenvalue weighted by Gasteiger charge is -2.19. The van der Waals surface area contributed by atoms with Crippen LogP contribution in [0.1, 0.15) is 17.3 Å². The number of hydrogen-bond acceptors (Lipinski definition) is 5. The number of nitrogens with one attached hydrogen (secondary N) is 1. The lowest BCUT2D eigenvalue weighted by Crippen LogP contribution is -2.22. The van der Waals surface area contributed by atoms with Crippen LogP contribution in [0.2, 0.25) is 0 Å². The van der Waals surface area contributed by atoms with Crippen LogP contribution in [0.5, 0.6) is 11.8 Å². The smallest absolute Gasteiger partial charge is 0.240 e. The Morgan fingerprint density at radius 3 is 2.57 bits per heavy atom. The molecule has 0 aliphatic rings. The van der Waals surface area contributed by atoms with E-state index in [2.05, 4.69) is 15.3 Å². The molecule has 1 unspecified atom stereocenters. The van der Waals surface area contributed by atoms with Crippen molar-refractivity contribution in [3.63, 3.8) is 0 Å². The van der Waals surface area contributed by atoms with Crippen LogP contribution in [0.15, 0.2) is 24.4 Å². The lowest BCUT2D eigenvalue weighted by molar-refractivity contribution is 0.352. The molecule has 0 spiro atoms. The highest BCUT2D eigenvalue weighted by atomic mass is 19.2. The van der Waals surface area contributed by atoms with Gasteiger partial charge in [0, 0.05) is 5.56 Å². The lowest BCUT2D eigenvalue weighted by atomic mass is 10.0.